The van der Waals surface area contributed by atoms with Gasteiger partial charge in [0.25, 0.3) is 5.91 Å². The van der Waals surface area contributed by atoms with Crippen molar-refractivity contribution >= 4 is 11.6 Å². The average molecular weight is 313 g/mol. The number of aryl methyl sites for hydroxylation is 2. The van der Waals surface area contributed by atoms with Crippen LogP contribution < -0.4 is 14.8 Å². The quantitative estimate of drug-likeness (QED) is 0.873. The van der Waals surface area contributed by atoms with Gasteiger partial charge in [0, 0.05) is 11.8 Å². The van der Waals surface area contributed by atoms with Gasteiger partial charge in [-0.2, -0.15) is 0 Å². The molecular formula is C19H23NO3. The van der Waals surface area contributed by atoms with Crippen LogP contribution in [0, 0.1) is 13.8 Å². The fraction of sp³-hybridized carbons (Fsp3) is 0.316. The van der Waals surface area contributed by atoms with Crippen LogP contribution in [0.25, 0.3) is 0 Å². The maximum atomic E-state index is 12.0. The minimum atomic E-state index is -0.204. The Kier molecular flexibility index (Phi) is 5.63. The van der Waals surface area contributed by atoms with E-state index in [9.17, 15) is 4.79 Å². The predicted octanol–water partition coefficient (Wildman–Crippen LogP) is 4.11. The number of anilines is 1. The first kappa shape index (κ1) is 16.9. The first-order valence-electron chi connectivity index (χ1n) is 7.70. The van der Waals surface area contributed by atoms with Crippen molar-refractivity contribution in [3.05, 3.63) is 53.6 Å². The summed E-state index contributed by atoms with van der Waals surface area (Å²) in [6.45, 7) is 7.95. The Bertz CT molecular complexity index is 680. The van der Waals surface area contributed by atoms with Crippen LogP contribution in [0.2, 0.25) is 0 Å². The van der Waals surface area contributed by atoms with E-state index in [1.54, 1.807) is 6.07 Å². The van der Waals surface area contributed by atoms with Gasteiger partial charge >= 0.3 is 0 Å². The first-order chi connectivity index (χ1) is 10.9. The summed E-state index contributed by atoms with van der Waals surface area (Å²) >= 11 is 0. The van der Waals surface area contributed by atoms with Crippen molar-refractivity contribution in [2.45, 2.75) is 33.8 Å². The summed E-state index contributed by atoms with van der Waals surface area (Å²) in [5, 5.41) is 2.81. The molecule has 2 aromatic carbocycles. The number of hydrogen-bond acceptors (Lipinski definition) is 3. The molecule has 23 heavy (non-hydrogen) atoms. The first-order valence-corrected chi connectivity index (χ1v) is 7.70. The molecule has 1 N–H and O–H groups in total. The van der Waals surface area contributed by atoms with E-state index in [4.69, 9.17) is 9.47 Å². The fourth-order valence-electron chi connectivity index (χ4n) is 2.07. The highest BCUT2D eigenvalue weighted by atomic mass is 16.5. The van der Waals surface area contributed by atoms with E-state index in [1.807, 2.05) is 64.1 Å². The van der Waals surface area contributed by atoms with Crippen LogP contribution in [0.3, 0.4) is 0 Å². The fourth-order valence-corrected chi connectivity index (χ4v) is 2.07. The number of carbonyl (C=O) groups is 1. The van der Waals surface area contributed by atoms with Gasteiger partial charge in [-0.25, -0.2) is 0 Å². The van der Waals surface area contributed by atoms with E-state index >= 15 is 0 Å². The Balaban J connectivity index is 1.90. The molecule has 0 bridgehead atoms. The molecule has 4 heteroatoms. The number of hydrogen-bond donors (Lipinski definition) is 1. The summed E-state index contributed by atoms with van der Waals surface area (Å²) in [7, 11) is 0. The molecule has 122 valence electrons. The molecule has 4 nitrogen and oxygen atoms in total. The van der Waals surface area contributed by atoms with E-state index in [2.05, 4.69) is 5.32 Å². The van der Waals surface area contributed by atoms with Gasteiger partial charge in [0.2, 0.25) is 0 Å². The zero-order valence-corrected chi connectivity index (χ0v) is 14.1. The molecule has 0 radical (unpaired) electrons. The number of amides is 1. The molecule has 0 aromatic heterocycles. The van der Waals surface area contributed by atoms with Crippen LogP contribution in [0.5, 0.6) is 11.5 Å². The molecule has 0 fully saturated rings. The predicted molar refractivity (Wildman–Crippen MR) is 92.2 cm³/mol. The molecule has 0 atom stereocenters. The molecular weight excluding hydrogens is 290 g/mol. The van der Waals surface area contributed by atoms with E-state index < -0.39 is 0 Å². The minimum Gasteiger partial charge on any atom is -0.491 e. The van der Waals surface area contributed by atoms with E-state index in [0.717, 1.165) is 11.3 Å². The smallest absolute Gasteiger partial charge is 0.262 e. The van der Waals surface area contributed by atoms with Crippen molar-refractivity contribution in [2.24, 2.45) is 0 Å². The number of nitrogens with one attached hydrogen (secondary N) is 1. The van der Waals surface area contributed by atoms with Crippen molar-refractivity contribution in [2.75, 3.05) is 11.9 Å². The second-order valence-corrected chi connectivity index (χ2v) is 5.78. The SMILES string of the molecule is Cc1ccc(OCC(=O)Nc2cccc(OC(C)C)c2)cc1C. The van der Waals surface area contributed by atoms with Crippen molar-refractivity contribution in [3.63, 3.8) is 0 Å². The molecule has 0 heterocycles. The van der Waals surface area contributed by atoms with Crippen LogP contribution in [0.15, 0.2) is 42.5 Å². The van der Waals surface area contributed by atoms with Crippen molar-refractivity contribution in [1.29, 1.82) is 0 Å². The van der Waals surface area contributed by atoms with Crippen LogP contribution in [0.4, 0.5) is 5.69 Å². The van der Waals surface area contributed by atoms with Crippen LogP contribution in [-0.4, -0.2) is 18.6 Å². The highest BCUT2D eigenvalue weighted by Crippen LogP contribution is 2.19. The number of benzene rings is 2. The summed E-state index contributed by atoms with van der Waals surface area (Å²) in [6.07, 6.45) is 0.0917. The van der Waals surface area contributed by atoms with Gasteiger partial charge in [0.05, 0.1) is 6.10 Å². The van der Waals surface area contributed by atoms with Crippen LogP contribution >= 0.6 is 0 Å². The summed E-state index contributed by atoms with van der Waals surface area (Å²) < 4.78 is 11.1. The maximum absolute atomic E-state index is 12.0. The lowest BCUT2D eigenvalue weighted by Gasteiger charge is -2.12. The summed E-state index contributed by atoms with van der Waals surface area (Å²) in [5.74, 6) is 1.22. The zero-order valence-electron chi connectivity index (χ0n) is 14.1. The second kappa shape index (κ2) is 7.68. The minimum absolute atomic E-state index is 0.0300. The molecule has 0 spiro atoms. The molecule has 0 aliphatic heterocycles. The van der Waals surface area contributed by atoms with Crippen molar-refractivity contribution in [1.82, 2.24) is 0 Å². The highest BCUT2D eigenvalue weighted by Gasteiger charge is 2.06. The molecule has 0 aliphatic rings. The third kappa shape index (κ3) is 5.33. The third-order valence-corrected chi connectivity index (χ3v) is 3.34. The van der Waals surface area contributed by atoms with Gasteiger partial charge < -0.3 is 14.8 Å². The molecule has 0 saturated heterocycles. The van der Waals surface area contributed by atoms with Crippen LogP contribution in [-0.2, 0) is 4.79 Å². The molecule has 0 saturated carbocycles. The highest BCUT2D eigenvalue weighted by molar-refractivity contribution is 5.92. The van der Waals surface area contributed by atoms with Gasteiger partial charge in [0.15, 0.2) is 6.61 Å². The number of ether oxygens (including phenoxy) is 2. The van der Waals surface area contributed by atoms with E-state index in [1.165, 1.54) is 5.56 Å². The van der Waals surface area contributed by atoms with E-state index in [0.29, 0.717) is 11.4 Å². The van der Waals surface area contributed by atoms with Gasteiger partial charge in [0.1, 0.15) is 11.5 Å². The monoisotopic (exact) mass is 313 g/mol. The Morgan fingerprint density at radius 1 is 1.04 bits per heavy atom. The lowest BCUT2D eigenvalue weighted by Crippen LogP contribution is -2.20. The molecule has 2 rings (SSSR count). The normalized spacial score (nSPS) is 10.5. The van der Waals surface area contributed by atoms with Gasteiger partial charge in [-0.1, -0.05) is 12.1 Å². The Labute approximate surface area is 137 Å². The molecule has 0 aliphatic carbocycles. The van der Waals surface area contributed by atoms with Gasteiger partial charge in [-0.05, 0) is 63.1 Å². The van der Waals surface area contributed by atoms with Gasteiger partial charge in [-0.15, -0.1) is 0 Å². The molecule has 1 amide bonds. The number of rotatable bonds is 6. The third-order valence-electron chi connectivity index (χ3n) is 3.34. The Morgan fingerprint density at radius 3 is 2.52 bits per heavy atom. The standard InChI is InChI=1S/C19H23NO3/c1-13(2)23-18-7-5-6-16(11-18)20-19(21)12-22-17-9-8-14(3)15(4)10-17/h5-11,13H,12H2,1-4H3,(H,20,21). The van der Waals surface area contributed by atoms with Crippen molar-refractivity contribution < 1.29 is 14.3 Å². The summed E-state index contributed by atoms with van der Waals surface area (Å²) in [5.41, 5.74) is 3.03. The topological polar surface area (TPSA) is 47.6 Å². The van der Waals surface area contributed by atoms with E-state index in [-0.39, 0.29) is 18.6 Å². The average Bonchev–Trinajstić information content (AvgIpc) is 2.48. The Morgan fingerprint density at radius 2 is 1.83 bits per heavy atom. The van der Waals surface area contributed by atoms with Crippen LogP contribution in [0.1, 0.15) is 25.0 Å². The summed E-state index contributed by atoms with van der Waals surface area (Å²) in [4.78, 5) is 12.0. The largest absolute Gasteiger partial charge is 0.491 e. The lowest BCUT2D eigenvalue weighted by molar-refractivity contribution is -0.118. The van der Waals surface area contributed by atoms with Gasteiger partial charge in [-0.3, -0.25) is 4.79 Å². The maximum Gasteiger partial charge on any atom is 0.262 e. The number of carbonyl (C=O) groups excluding carboxylic acids is 1. The second-order valence-electron chi connectivity index (χ2n) is 5.78. The van der Waals surface area contributed by atoms with Crippen molar-refractivity contribution in [3.8, 4) is 11.5 Å². The lowest BCUT2D eigenvalue weighted by atomic mass is 10.1. The zero-order chi connectivity index (χ0) is 16.8. The molecule has 0 unspecified atom stereocenters. The summed E-state index contributed by atoms with van der Waals surface area (Å²) in [6, 6.07) is 13.1. The Hall–Kier alpha value is -2.49. The molecule has 2 aromatic rings.